The van der Waals surface area contributed by atoms with Crippen molar-refractivity contribution in [1.29, 1.82) is 0 Å². The molecule has 0 radical (unpaired) electrons. The summed E-state index contributed by atoms with van der Waals surface area (Å²) in [6.07, 6.45) is 0. The van der Waals surface area contributed by atoms with Crippen LogP contribution in [-0.2, 0) is 4.79 Å². The zero-order chi connectivity index (χ0) is 12.0. The third kappa shape index (κ3) is 4.55. The summed E-state index contributed by atoms with van der Waals surface area (Å²) in [5, 5.41) is 2.85. The number of amides is 1. The maximum absolute atomic E-state index is 11.5. The highest BCUT2D eigenvalue weighted by molar-refractivity contribution is 9.10. The molecule has 3 N–H and O–H groups in total. The van der Waals surface area contributed by atoms with Crippen LogP contribution < -0.4 is 11.1 Å². The number of anilines is 1. The summed E-state index contributed by atoms with van der Waals surface area (Å²) >= 11 is 4.95. The molecule has 0 saturated carbocycles. The number of carbonyl (C=O) groups excluding carboxylic acids is 1. The Morgan fingerprint density at radius 1 is 1.56 bits per heavy atom. The van der Waals surface area contributed by atoms with Crippen LogP contribution in [0.4, 0.5) is 5.69 Å². The number of thioether (sulfide) groups is 1. The smallest absolute Gasteiger partial charge is 0.234 e. The number of hydrogen-bond acceptors (Lipinski definition) is 3. The van der Waals surface area contributed by atoms with E-state index in [1.807, 2.05) is 25.1 Å². The Morgan fingerprint density at radius 2 is 2.31 bits per heavy atom. The van der Waals surface area contributed by atoms with Crippen molar-refractivity contribution in [2.24, 2.45) is 5.73 Å². The Kier molecular flexibility index (Phi) is 5.87. The lowest BCUT2D eigenvalue weighted by Crippen LogP contribution is -2.15. The molecule has 0 unspecified atom stereocenters. The molecule has 1 aromatic carbocycles. The van der Waals surface area contributed by atoms with Gasteiger partial charge in [0.15, 0.2) is 0 Å². The first-order valence-electron chi connectivity index (χ1n) is 4.97. The second-order valence-electron chi connectivity index (χ2n) is 3.37. The normalized spacial score (nSPS) is 10.2. The van der Waals surface area contributed by atoms with Gasteiger partial charge in [0.05, 0.1) is 11.4 Å². The van der Waals surface area contributed by atoms with Crippen molar-refractivity contribution in [3.63, 3.8) is 0 Å². The van der Waals surface area contributed by atoms with Crippen molar-refractivity contribution < 1.29 is 4.79 Å². The summed E-state index contributed by atoms with van der Waals surface area (Å²) in [5.74, 6) is 1.25. The first-order valence-corrected chi connectivity index (χ1v) is 6.92. The van der Waals surface area contributed by atoms with Crippen molar-refractivity contribution in [1.82, 2.24) is 0 Å². The fourth-order valence-electron chi connectivity index (χ4n) is 1.16. The minimum absolute atomic E-state index is 0.00278. The van der Waals surface area contributed by atoms with E-state index in [1.54, 1.807) is 0 Å². The van der Waals surface area contributed by atoms with Gasteiger partial charge in [-0.25, -0.2) is 0 Å². The summed E-state index contributed by atoms with van der Waals surface area (Å²) in [4.78, 5) is 11.5. The number of halogens is 1. The molecule has 88 valence electrons. The highest BCUT2D eigenvalue weighted by Crippen LogP contribution is 2.23. The van der Waals surface area contributed by atoms with E-state index in [-0.39, 0.29) is 5.91 Å². The number of benzene rings is 1. The lowest BCUT2D eigenvalue weighted by atomic mass is 10.2. The van der Waals surface area contributed by atoms with Gasteiger partial charge in [0.25, 0.3) is 0 Å². The molecule has 1 aromatic rings. The SMILES string of the molecule is Cc1ccc(NC(=O)CSCCN)c(Br)c1. The van der Waals surface area contributed by atoms with E-state index in [0.717, 1.165) is 21.5 Å². The summed E-state index contributed by atoms with van der Waals surface area (Å²) in [6, 6.07) is 5.83. The van der Waals surface area contributed by atoms with Gasteiger partial charge in [-0.3, -0.25) is 4.79 Å². The summed E-state index contributed by atoms with van der Waals surface area (Å²) in [7, 11) is 0. The van der Waals surface area contributed by atoms with E-state index in [9.17, 15) is 4.79 Å². The highest BCUT2D eigenvalue weighted by Gasteiger charge is 2.05. The lowest BCUT2D eigenvalue weighted by Gasteiger charge is -2.07. The lowest BCUT2D eigenvalue weighted by molar-refractivity contribution is -0.113. The Hall–Kier alpha value is -0.520. The molecule has 1 rings (SSSR count). The monoisotopic (exact) mass is 302 g/mol. The van der Waals surface area contributed by atoms with Crippen LogP contribution in [0.25, 0.3) is 0 Å². The van der Waals surface area contributed by atoms with Gasteiger partial charge in [0, 0.05) is 16.8 Å². The molecule has 0 aliphatic rings. The molecule has 0 atom stereocenters. The van der Waals surface area contributed by atoms with Gasteiger partial charge in [-0.05, 0) is 40.5 Å². The van der Waals surface area contributed by atoms with Crippen LogP contribution in [-0.4, -0.2) is 24.0 Å². The van der Waals surface area contributed by atoms with Crippen LogP contribution in [0.5, 0.6) is 0 Å². The van der Waals surface area contributed by atoms with Crippen LogP contribution in [0.1, 0.15) is 5.56 Å². The molecule has 0 aliphatic carbocycles. The Balaban J connectivity index is 2.49. The minimum Gasteiger partial charge on any atom is -0.330 e. The molecular weight excluding hydrogens is 288 g/mol. The van der Waals surface area contributed by atoms with Gasteiger partial charge in [0.1, 0.15) is 0 Å². The summed E-state index contributed by atoms with van der Waals surface area (Å²) in [6.45, 7) is 2.61. The topological polar surface area (TPSA) is 55.1 Å². The van der Waals surface area contributed by atoms with Crippen LogP contribution >= 0.6 is 27.7 Å². The predicted molar refractivity (Wildman–Crippen MR) is 73.9 cm³/mol. The van der Waals surface area contributed by atoms with Crippen LogP contribution in [0.15, 0.2) is 22.7 Å². The molecule has 0 spiro atoms. The zero-order valence-electron chi connectivity index (χ0n) is 9.13. The quantitative estimate of drug-likeness (QED) is 0.821. The summed E-state index contributed by atoms with van der Waals surface area (Å²) < 4.78 is 0.907. The molecule has 0 aromatic heterocycles. The summed E-state index contributed by atoms with van der Waals surface area (Å²) in [5.41, 5.74) is 7.31. The molecule has 16 heavy (non-hydrogen) atoms. The average Bonchev–Trinajstić information content (AvgIpc) is 2.23. The molecule has 3 nitrogen and oxygen atoms in total. The maximum Gasteiger partial charge on any atom is 0.234 e. The molecule has 0 heterocycles. The largest absolute Gasteiger partial charge is 0.330 e. The molecule has 0 bridgehead atoms. The molecule has 0 saturated heterocycles. The Morgan fingerprint density at radius 3 is 2.94 bits per heavy atom. The van der Waals surface area contributed by atoms with Gasteiger partial charge in [-0.1, -0.05) is 6.07 Å². The molecular formula is C11H15BrN2OS. The van der Waals surface area contributed by atoms with E-state index in [0.29, 0.717) is 12.3 Å². The van der Waals surface area contributed by atoms with E-state index in [4.69, 9.17) is 5.73 Å². The van der Waals surface area contributed by atoms with Gasteiger partial charge in [-0.15, -0.1) is 0 Å². The molecule has 0 fully saturated rings. The minimum atomic E-state index is 0.00278. The van der Waals surface area contributed by atoms with Crippen LogP contribution in [0.3, 0.4) is 0 Å². The van der Waals surface area contributed by atoms with E-state index in [1.165, 1.54) is 11.8 Å². The molecule has 5 heteroatoms. The van der Waals surface area contributed by atoms with E-state index in [2.05, 4.69) is 21.2 Å². The van der Waals surface area contributed by atoms with Crippen molar-refractivity contribution in [2.45, 2.75) is 6.92 Å². The van der Waals surface area contributed by atoms with E-state index >= 15 is 0 Å². The number of hydrogen-bond donors (Lipinski definition) is 2. The average molecular weight is 303 g/mol. The third-order valence-corrected chi connectivity index (χ3v) is 3.54. The number of nitrogens with two attached hydrogens (primary N) is 1. The second-order valence-corrected chi connectivity index (χ2v) is 5.33. The number of nitrogens with one attached hydrogen (secondary N) is 1. The molecule has 0 aliphatic heterocycles. The van der Waals surface area contributed by atoms with Crippen molar-refractivity contribution in [2.75, 3.05) is 23.4 Å². The first kappa shape index (κ1) is 13.5. The van der Waals surface area contributed by atoms with Crippen molar-refractivity contribution in [3.8, 4) is 0 Å². The Bertz CT molecular complexity index is 371. The van der Waals surface area contributed by atoms with Crippen molar-refractivity contribution in [3.05, 3.63) is 28.2 Å². The molecule has 1 amide bonds. The standard InChI is InChI=1S/C11H15BrN2OS/c1-8-2-3-10(9(12)6-8)14-11(15)7-16-5-4-13/h2-3,6H,4-5,7,13H2,1H3,(H,14,15). The number of aryl methyl sites for hydroxylation is 1. The van der Waals surface area contributed by atoms with Gasteiger partial charge >= 0.3 is 0 Å². The fraction of sp³-hybridized carbons (Fsp3) is 0.364. The van der Waals surface area contributed by atoms with Gasteiger partial charge in [0.2, 0.25) is 5.91 Å². The highest BCUT2D eigenvalue weighted by atomic mass is 79.9. The van der Waals surface area contributed by atoms with Gasteiger partial charge < -0.3 is 11.1 Å². The fourth-order valence-corrected chi connectivity index (χ4v) is 2.32. The van der Waals surface area contributed by atoms with Gasteiger partial charge in [-0.2, -0.15) is 11.8 Å². The van der Waals surface area contributed by atoms with Crippen LogP contribution in [0.2, 0.25) is 0 Å². The zero-order valence-corrected chi connectivity index (χ0v) is 11.5. The Labute approximate surface area is 108 Å². The maximum atomic E-state index is 11.5. The van der Waals surface area contributed by atoms with Crippen LogP contribution in [0, 0.1) is 6.92 Å². The predicted octanol–water partition coefficient (Wildman–Crippen LogP) is 2.39. The number of carbonyl (C=O) groups is 1. The second kappa shape index (κ2) is 6.93. The van der Waals surface area contributed by atoms with E-state index < -0.39 is 0 Å². The van der Waals surface area contributed by atoms with Crippen molar-refractivity contribution >= 4 is 39.3 Å². The third-order valence-electron chi connectivity index (χ3n) is 1.89. The first-order chi connectivity index (χ1) is 7.63. The number of rotatable bonds is 5.